The van der Waals surface area contributed by atoms with Crippen molar-refractivity contribution in [2.75, 3.05) is 5.73 Å². The Bertz CT molecular complexity index is 794. The third kappa shape index (κ3) is 1.49. The number of anilines is 1. The predicted octanol–water partition coefficient (Wildman–Crippen LogP) is 2.89. The molecule has 0 saturated heterocycles. The lowest BCUT2D eigenvalue weighted by atomic mass is 9.82. The first-order valence-corrected chi connectivity index (χ1v) is 6.92. The van der Waals surface area contributed by atoms with E-state index in [1.807, 2.05) is 36.4 Å². The molecule has 0 unspecified atom stereocenters. The molecule has 0 atom stereocenters. The molecule has 0 spiro atoms. The van der Waals surface area contributed by atoms with Crippen molar-refractivity contribution in [3.05, 3.63) is 83.6 Å². The van der Waals surface area contributed by atoms with E-state index in [9.17, 15) is 0 Å². The van der Waals surface area contributed by atoms with Gasteiger partial charge >= 0.3 is 0 Å². The molecule has 0 fully saturated rings. The largest absolute Gasteiger partial charge is 0.383 e. The number of benzene rings is 2. The first kappa shape index (κ1) is 12.1. The number of aromatic nitrogens is 1. The predicted molar refractivity (Wildman–Crippen MR) is 84.6 cm³/mol. The van der Waals surface area contributed by atoms with Gasteiger partial charge in [0.1, 0.15) is 5.82 Å². The Labute approximate surface area is 123 Å². The van der Waals surface area contributed by atoms with E-state index in [4.69, 9.17) is 11.5 Å². The minimum atomic E-state index is -0.745. The first-order chi connectivity index (χ1) is 10.2. The summed E-state index contributed by atoms with van der Waals surface area (Å²) < 4.78 is 0. The van der Waals surface area contributed by atoms with Crippen molar-refractivity contribution in [2.24, 2.45) is 5.73 Å². The van der Waals surface area contributed by atoms with Crippen molar-refractivity contribution in [3.63, 3.8) is 0 Å². The lowest BCUT2D eigenvalue weighted by Crippen LogP contribution is -2.38. The van der Waals surface area contributed by atoms with Crippen LogP contribution in [0.4, 0.5) is 5.82 Å². The molecule has 0 bridgehead atoms. The average molecular weight is 273 g/mol. The van der Waals surface area contributed by atoms with E-state index in [1.165, 1.54) is 11.1 Å². The summed E-state index contributed by atoms with van der Waals surface area (Å²) in [4.78, 5) is 4.21. The van der Waals surface area contributed by atoms with Gasteiger partial charge in [-0.1, -0.05) is 54.6 Å². The molecule has 0 saturated carbocycles. The van der Waals surface area contributed by atoms with Gasteiger partial charge in [-0.3, -0.25) is 0 Å². The number of nitrogens with two attached hydrogens (primary N) is 2. The lowest BCUT2D eigenvalue weighted by Gasteiger charge is -2.28. The number of nitrogen functional groups attached to an aromatic ring is 1. The summed E-state index contributed by atoms with van der Waals surface area (Å²) in [6.45, 7) is 0. The number of rotatable bonds is 1. The summed E-state index contributed by atoms with van der Waals surface area (Å²) in [7, 11) is 0. The second kappa shape index (κ2) is 4.17. The molecule has 3 aromatic rings. The van der Waals surface area contributed by atoms with Crippen molar-refractivity contribution >= 4 is 5.82 Å². The van der Waals surface area contributed by atoms with Gasteiger partial charge in [-0.15, -0.1) is 0 Å². The van der Waals surface area contributed by atoms with Crippen LogP contribution in [0.15, 0.2) is 66.9 Å². The summed E-state index contributed by atoms with van der Waals surface area (Å²) in [6.07, 6.45) is 1.69. The fourth-order valence-corrected chi connectivity index (χ4v) is 3.31. The Hall–Kier alpha value is -2.65. The van der Waals surface area contributed by atoms with Crippen LogP contribution in [0.3, 0.4) is 0 Å². The van der Waals surface area contributed by atoms with E-state index in [0.29, 0.717) is 5.82 Å². The molecule has 2 aromatic carbocycles. The van der Waals surface area contributed by atoms with Crippen LogP contribution in [-0.4, -0.2) is 4.98 Å². The molecule has 21 heavy (non-hydrogen) atoms. The molecule has 3 nitrogen and oxygen atoms in total. The zero-order valence-electron chi connectivity index (χ0n) is 11.5. The third-order valence-electron chi connectivity index (χ3n) is 4.26. The van der Waals surface area contributed by atoms with Crippen molar-refractivity contribution in [1.82, 2.24) is 4.98 Å². The highest BCUT2D eigenvalue weighted by Gasteiger charge is 2.42. The van der Waals surface area contributed by atoms with E-state index in [2.05, 4.69) is 29.2 Å². The monoisotopic (exact) mass is 273 g/mol. The Morgan fingerprint density at radius 3 is 1.81 bits per heavy atom. The van der Waals surface area contributed by atoms with Crippen molar-refractivity contribution in [2.45, 2.75) is 5.54 Å². The summed E-state index contributed by atoms with van der Waals surface area (Å²) in [6, 6.07) is 20.3. The average Bonchev–Trinajstić information content (AvgIpc) is 2.79. The van der Waals surface area contributed by atoms with Crippen LogP contribution in [0.25, 0.3) is 11.1 Å². The second-order valence-electron chi connectivity index (χ2n) is 5.34. The number of hydrogen-bond acceptors (Lipinski definition) is 3. The molecule has 3 heteroatoms. The SMILES string of the molecule is Nc1ncccc1C1(N)c2ccccc2-c2ccccc21. The van der Waals surface area contributed by atoms with Gasteiger partial charge in [-0.25, -0.2) is 4.98 Å². The normalized spacial score (nSPS) is 14.5. The van der Waals surface area contributed by atoms with Crippen LogP contribution in [-0.2, 0) is 5.54 Å². The van der Waals surface area contributed by atoms with E-state index >= 15 is 0 Å². The Kier molecular flexibility index (Phi) is 2.41. The summed E-state index contributed by atoms with van der Waals surface area (Å²) in [5.41, 5.74) is 17.6. The molecule has 1 aliphatic carbocycles. The number of pyridine rings is 1. The fourth-order valence-electron chi connectivity index (χ4n) is 3.31. The molecule has 0 aliphatic heterocycles. The van der Waals surface area contributed by atoms with E-state index in [0.717, 1.165) is 16.7 Å². The molecular formula is C18H15N3. The maximum absolute atomic E-state index is 6.88. The van der Waals surface area contributed by atoms with Crippen LogP contribution in [0, 0.1) is 0 Å². The van der Waals surface area contributed by atoms with Crippen LogP contribution >= 0.6 is 0 Å². The van der Waals surface area contributed by atoms with Crippen LogP contribution < -0.4 is 11.5 Å². The summed E-state index contributed by atoms with van der Waals surface area (Å²) >= 11 is 0. The standard InChI is InChI=1S/C18H15N3/c19-17-16(10-5-11-21-17)18(20)14-8-3-1-6-12(14)13-7-2-4-9-15(13)18/h1-11H,20H2,(H2,19,21). The second-order valence-corrected chi connectivity index (χ2v) is 5.34. The topological polar surface area (TPSA) is 64.9 Å². The van der Waals surface area contributed by atoms with Gasteiger partial charge in [-0.2, -0.15) is 0 Å². The van der Waals surface area contributed by atoms with E-state index in [1.54, 1.807) is 6.20 Å². The van der Waals surface area contributed by atoms with Gasteiger partial charge in [0.25, 0.3) is 0 Å². The van der Waals surface area contributed by atoms with E-state index < -0.39 is 5.54 Å². The van der Waals surface area contributed by atoms with Crippen LogP contribution in [0.2, 0.25) is 0 Å². The van der Waals surface area contributed by atoms with E-state index in [-0.39, 0.29) is 0 Å². The zero-order valence-corrected chi connectivity index (χ0v) is 11.5. The third-order valence-corrected chi connectivity index (χ3v) is 4.26. The lowest BCUT2D eigenvalue weighted by molar-refractivity contribution is 0.671. The van der Waals surface area contributed by atoms with Gasteiger partial charge in [0, 0.05) is 11.8 Å². The molecule has 102 valence electrons. The first-order valence-electron chi connectivity index (χ1n) is 6.92. The minimum absolute atomic E-state index is 0.478. The molecule has 4 rings (SSSR count). The smallest absolute Gasteiger partial charge is 0.129 e. The van der Waals surface area contributed by atoms with Gasteiger partial charge in [0.15, 0.2) is 0 Å². The maximum atomic E-state index is 6.88. The number of hydrogen-bond donors (Lipinski definition) is 2. The van der Waals surface area contributed by atoms with Gasteiger partial charge in [0.2, 0.25) is 0 Å². The van der Waals surface area contributed by atoms with Crippen molar-refractivity contribution in [1.29, 1.82) is 0 Å². The fraction of sp³-hybridized carbons (Fsp3) is 0.0556. The van der Waals surface area contributed by atoms with Crippen LogP contribution in [0.5, 0.6) is 0 Å². The highest BCUT2D eigenvalue weighted by atomic mass is 14.9. The summed E-state index contributed by atoms with van der Waals surface area (Å²) in [5.74, 6) is 0.478. The summed E-state index contributed by atoms with van der Waals surface area (Å²) in [5, 5.41) is 0. The molecule has 4 N–H and O–H groups in total. The zero-order chi connectivity index (χ0) is 14.4. The van der Waals surface area contributed by atoms with Gasteiger partial charge in [0.05, 0.1) is 5.54 Å². The minimum Gasteiger partial charge on any atom is -0.383 e. The van der Waals surface area contributed by atoms with Crippen molar-refractivity contribution < 1.29 is 0 Å². The molecule has 0 amide bonds. The maximum Gasteiger partial charge on any atom is 0.129 e. The Balaban J connectivity index is 2.12. The van der Waals surface area contributed by atoms with Crippen molar-refractivity contribution in [3.8, 4) is 11.1 Å². The number of nitrogens with zero attached hydrogens (tertiary/aromatic N) is 1. The molecule has 0 radical (unpaired) electrons. The highest BCUT2D eigenvalue weighted by Crippen LogP contribution is 2.49. The number of fused-ring (bicyclic) bond motifs is 3. The Morgan fingerprint density at radius 1 is 0.714 bits per heavy atom. The van der Waals surface area contributed by atoms with Gasteiger partial charge in [-0.05, 0) is 28.3 Å². The quantitative estimate of drug-likeness (QED) is 0.716. The molecule has 1 aliphatic rings. The molecule has 1 aromatic heterocycles. The molecule has 1 heterocycles. The van der Waals surface area contributed by atoms with Gasteiger partial charge < -0.3 is 11.5 Å². The van der Waals surface area contributed by atoms with Crippen LogP contribution in [0.1, 0.15) is 16.7 Å². The Morgan fingerprint density at radius 2 is 1.24 bits per heavy atom. The highest BCUT2D eigenvalue weighted by molar-refractivity contribution is 5.83. The molecular weight excluding hydrogens is 258 g/mol.